The number of hydrogen-bond donors (Lipinski definition) is 1. The molecule has 1 saturated carbocycles. The van der Waals surface area contributed by atoms with E-state index in [0.29, 0.717) is 16.5 Å². The SMILES string of the molecule is CC(C)(C)C1CCC(c2nsc(N)n2)CC1. The maximum absolute atomic E-state index is 5.63. The van der Waals surface area contributed by atoms with Crippen LogP contribution in [0, 0.1) is 11.3 Å². The normalized spacial score (nSPS) is 26.9. The zero-order chi connectivity index (χ0) is 11.8. The maximum atomic E-state index is 5.63. The molecule has 1 aromatic heterocycles. The van der Waals surface area contributed by atoms with E-state index in [1.165, 1.54) is 37.2 Å². The minimum atomic E-state index is 0.444. The van der Waals surface area contributed by atoms with E-state index in [2.05, 4.69) is 30.1 Å². The molecule has 0 aromatic carbocycles. The van der Waals surface area contributed by atoms with Gasteiger partial charge in [-0.2, -0.15) is 4.37 Å². The molecule has 0 bridgehead atoms. The van der Waals surface area contributed by atoms with Gasteiger partial charge < -0.3 is 5.73 Å². The molecule has 1 aliphatic rings. The van der Waals surface area contributed by atoms with Crippen LogP contribution in [0.3, 0.4) is 0 Å². The van der Waals surface area contributed by atoms with Crippen molar-refractivity contribution in [3.05, 3.63) is 5.82 Å². The Morgan fingerprint density at radius 2 is 1.81 bits per heavy atom. The molecule has 2 N–H and O–H groups in total. The lowest BCUT2D eigenvalue weighted by molar-refractivity contribution is 0.167. The number of rotatable bonds is 1. The number of anilines is 1. The molecule has 0 radical (unpaired) electrons. The van der Waals surface area contributed by atoms with Crippen molar-refractivity contribution in [2.75, 3.05) is 5.73 Å². The summed E-state index contributed by atoms with van der Waals surface area (Å²) in [6, 6.07) is 0. The van der Waals surface area contributed by atoms with Crippen molar-refractivity contribution in [1.29, 1.82) is 0 Å². The Labute approximate surface area is 102 Å². The van der Waals surface area contributed by atoms with Crippen molar-refractivity contribution < 1.29 is 0 Å². The van der Waals surface area contributed by atoms with Crippen LogP contribution in [0.4, 0.5) is 5.13 Å². The third-order valence-corrected chi connectivity index (χ3v) is 4.33. The number of nitrogens with zero attached hydrogens (tertiary/aromatic N) is 2. The van der Waals surface area contributed by atoms with Crippen LogP contribution in [0.5, 0.6) is 0 Å². The van der Waals surface area contributed by atoms with E-state index in [4.69, 9.17) is 5.73 Å². The molecule has 16 heavy (non-hydrogen) atoms. The minimum absolute atomic E-state index is 0.444. The highest BCUT2D eigenvalue weighted by atomic mass is 32.1. The van der Waals surface area contributed by atoms with E-state index in [0.717, 1.165) is 11.7 Å². The van der Waals surface area contributed by atoms with Crippen LogP contribution < -0.4 is 5.73 Å². The highest BCUT2D eigenvalue weighted by molar-refractivity contribution is 7.09. The van der Waals surface area contributed by atoms with Gasteiger partial charge in [-0.25, -0.2) is 4.98 Å². The first-order valence-corrected chi connectivity index (χ1v) is 6.83. The molecule has 1 fully saturated rings. The molecule has 1 aromatic rings. The first-order valence-electron chi connectivity index (χ1n) is 6.06. The average Bonchev–Trinajstić information content (AvgIpc) is 2.64. The van der Waals surface area contributed by atoms with Gasteiger partial charge in [0.1, 0.15) is 5.82 Å². The summed E-state index contributed by atoms with van der Waals surface area (Å²) >= 11 is 1.32. The topological polar surface area (TPSA) is 51.8 Å². The van der Waals surface area contributed by atoms with Crippen LogP contribution >= 0.6 is 11.5 Å². The summed E-state index contributed by atoms with van der Waals surface area (Å²) in [6.07, 6.45) is 5.04. The molecule has 1 aliphatic carbocycles. The molecule has 90 valence electrons. The van der Waals surface area contributed by atoms with E-state index in [-0.39, 0.29) is 0 Å². The Bertz CT molecular complexity index is 345. The second kappa shape index (κ2) is 4.32. The number of nitrogens with two attached hydrogens (primary N) is 1. The van der Waals surface area contributed by atoms with Gasteiger partial charge in [-0.3, -0.25) is 0 Å². The minimum Gasteiger partial charge on any atom is -0.374 e. The molecule has 0 unspecified atom stereocenters. The summed E-state index contributed by atoms with van der Waals surface area (Å²) in [7, 11) is 0. The predicted molar refractivity (Wildman–Crippen MR) is 68.5 cm³/mol. The molecule has 3 nitrogen and oxygen atoms in total. The monoisotopic (exact) mass is 239 g/mol. The lowest BCUT2D eigenvalue weighted by Gasteiger charge is -2.36. The number of hydrogen-bond acceptors (Lipinski definition) is 4. The predicted octanol–water partition coefficient (Wildman–Crippen LogP) is 3.44. The average molecular weight is 239 g/mol. The smallest absolute Gasteiger partial charge is 0.199 e. The summed E-state index contributed by atoms with van der Waals surface area (Å²) in [4.78, 5) is 4.31. The van der Waals surface area contributed by atoms with Crippen molar-refractivity contribution in [3.63, 3.8) is 0 Å². The Morgan fingerprint density at radius 3 is 2.25 bits per heavy atom. The Kier molecular flexibility index (Phi) is 3.19. The zero-order valence-corrected chi connectivity index (χ0v) is 11.2. The summed E-state index contributed by atoms with van der Waals surface area (Å²) in [5.74, 6) is 2.38. The molecular formula is C12H21N3S. The van der Waals surface area contributed by atoms with E-state index in [1.807, 2.05) is 0 Å². The second-order valence-corrected chi connectivity index (χ2v) is 6.69. The summed E-state index contributed by atoms with van der Waals surface area (Å²) in [5, 5.41) is 0.605. The summed E-state index contributed by atoms with van der Waals surface area (Å²) < 4.78 is 4.33. The van der Waals surface area contributed by atoms with Gasteiger partial charge in [0.2, 0.25) is 0 Å². The van der Waals surface area contributed by atoms with E-state index in [9.17, 15) is 0 Å². The molecule has 2 rings (SSSR count). The molecule has 0 spiro atoms. The number of aromatic nitrogens is 2. The van der Waals surface area contributed by atoms with Gasteiger partial charge in [-0.1, -0.05) is 20.8 Å². The first kappa shape index (κ1) is 11.8. The lowest BCUT2D eigenvalue weighted by atomic mass is 9.70. The van der Waals surface area contributed by atoms with Crippen molar-refractivity contribution in [3.8, 4) is 0 Å². The summed E-state index contributed by atoms with van der Waals surface area (Å²) in [5.41, 5.74) is 6.07. The van der Waals surface area contributed by atoms with Gasteiger partial charge in [0.15, 0.2) is 5.13 Å². The van der Waals surface area contributed by atoms with Crippen LogP contribution in [0.25, 0.3) is 0 Å². The van der Waals surface area contributed by atoms with Crippen LogP contribution in [0.15, 0.2) is 0 Å². The molecule has 0 atom stereocenters. The van der Waals surface area contributed by atoms with Crippen LogP contribution in [-0.4, -0.2) is 9.36 Å². The highest BCUT2D eigenvalue weighted by Gasteiger charge is 2.31. The van der Waals surface area contributed by atoms with E-state index in [1.54, 1.807) is 0 Å². The lowest BCUT2D eigenvalue weighted by Crippen LogP contribution is -2.25. The zero-order valence-electron chi connectivity index (χ0n) is 10.4. The van der Waals surface area contributed by atoms with Gasteiger partial charge in [0.05, 0.1) is 0 Å². The van der Waals surface area contributed by atoms with Gasteiger partial charge in [0.25, 0.3) is 0 Å². The fourth-order valence-electron chi connectivity index (χ4n) is 2.63. The first-order chi connectivity index (χ1) is 7.47. The third kappa shape index (κ3) is 2.54. The quantitative estimate of drug-likeness (QED) is 0.816. The molecule has 0 saturated heterocycles. The van der Waals surface area contributed by atoms with Gasteiger partial charge in [-0.15, -0.1) is 0 Å². The molecule has 1 heterocycles. The molecule has 0 amide bonds. The Balaban J connectivity index is 1.95. The second-order valence-electron chi connectivity index (χ2n) is 5.91. The van der Waals surface area contributed by atoms with Crippen LogP contribution in [0.1, 0.15) is 58.2 Å². The number of nitrogen functional groups attached to an aromatic ring is 1. The fourth-order valence-corrected chi connectivity index (χ4v) is 3.14. The van der Waals surface area contributed by atoms with Crippen LogP contribution in [-0.2, 0) is 0 Å². The Morgan fingerprint density at radius 1 is 1.19 bits per heavy atom. The van der Waals surface area contributed by atoms with Gasteiger partial charge in [0, 0.05) is 17.5 Å². The van der Waals surface area contributed by atoms with Crippen molar-refractivity contribution >= 4 is 16.7 Å². The summed E-state index contributed by atoms with van der Waals surface area (Å²) in [6.45, 7) is 7.03. The van der Waals surface area contributed by atoms with E-state index >= 15 is 0 Å². The third-order valence-electron chi connectivity index (χ3n) is 3.77. The van der Waals surface area contributed by atoms with Gasteiger partial charge in [-0.05, 0) is 37.0 Å². The largest absolute Gasteiger partial charge is 0.374 e. The molecule has 4 heteroatoms. The highest BCUT2D eigenvalue weighted by Crippen LogP contribution is 2.42. The molecular weight excluding hydrogens is 218 g/mol. The van der Waals surface area contributed by atoms with Crippen molar-refractivity contribution in [1.82, 2.24) is 9.36 Å². The van der Waals surface area contributed by atoms with Crippen LogP contribution in [0.2, 0.25) is 0 Å². The van der Waals surface area contributed by atoms with Crippen molar-refractivity contribution in [2.24, 2.45) is 11.3 Å². The standard InChI is InChI=1S/C12H21N3S/c1-12(2,3)9-6-4-8(5-7-9)10-14-11(13)16-15-10/h8-9H,4-7H2,1-3H3,(H2,13,14,15). The van der Waals surface area contributed by atoms with Gasteiger partial charge >= 0.3 is 0 Å². The molecule has 0 aliphatic heterocycles. The van der Waals surface area contributed by atoms with E-state index < -0.39 is 0 Å². The van der Waals surface area contributed by atoms with Crippen molar-refractivity contribution in [2.45, 2.75) is 52.4 Å². The Hall–Kier alpha value is -0.640. The maximum Gasteiger partial charge on any atom is 0.199 e. The fraction of sp³-hybridized carbons (Fsp3) is 0.833.